The van der Waals surface area contributed by atoms with Crippen LogP contribution in [0.5, 0.6) is 0 Å². The van der Waals surface area contributed by atoms with Crippen LogP contribution in [-0.4, -0.2) is 28.8 Å². The molecule has 4 aromatic rings. The number of halogens is 2. The molecule has 36 heavy (non-hydrogen) atoms. The van der Waals surface area contributed by atoms with E-state index in [4.69, 9.17) is 9.84 Å². The number of pyridine rings is 1. The van der Waals surface area contributed by atoms with Gasteiger partial charge in [0, 0.05) is 23.7 Å². The number of benzene rings is 3. The third-order valence-electron chi connectivity index (χ3n) is 6.17. The lowest BCUT2D eigenvalue weighted by Gasteiger charge is -2.23. The van der Waals surface area contributed by atoms with E-state index in [-0.39, 0.29) is 36.0 Å². The van der Waals surface area contributed by atoms with E-state index < -0.39 is 23.7 Å². The molecule has 5 rings (SSSR count). The molecule has 1 amide bonds. The van der Waals surface area contributed by atoms with Crippen molar-refractivity contribution in [2.24, 2.45) is 0 Å². The van der Waals surface area contributed by atoms with Gasteiger partial charge in [-0.2, -0.15) is 0 Å². The van der Waals surface area contributed by atoms with Gasteiger partial charge in [0.15, 0.2) is 0 Å². The summed E-state index contributed by atoms with van der Waals surface area (Å²) in [7, 11) is 0. The molecule has 0 radical (unpaired) electrons. The van der Waals surface area contributed by atoms with Gasteiger partial charge in [-0.1, -0.05) is 54.6 Å². The van der Waals surface area contributed by atoms with Crippen molar-refractivity contribution in [2.45, 2.75) is 12.5 Å². The topological polar surface area (TPSA) is 79.7 Å². The van der Waals surface area contributed by atoms with Crippen LogP contribution in [0.15, 0.2) is 85.1 Å². The molecule has 0 spiro atoms. The molecule has 0 saturated carbocycles. The van der Waals surface area contributed by atoms with Crippen molar-refractivity contribution in [2.75, 3.05) is 11.5 Å². The summed E-state index contributed by atoms with van der Waals surface area (Å²) in [5, 5.41) is 9.16. The number of rotatable bonds is 6. The van der Waals surface area contributed by atoms with Gasteiger partial charge in [0.1, 0.15) is 24.1 Å². The summed E-state index contributed by atoms with van der Waals surface area (Å²) in [6.45, 7) is -0.259. The maximum Gasteiger partial charge on any atom is 0.415 e. The average molecular weight is 486 g/mol. The first-order chi connectivity index (χ1) is 17.4. The third-order valence-corrected chi connectivity index (χ3v) is 6.17. The maximum absolute atomic E-state index is 14.4. The summed E-state index contributed by atoms with van der Waals surface area (Å²) in [6, 6.07) is 21.5. The molecule has 8 heteroatoms. The second kappa shape index (κ2) is 9.58. The molecule has 1 aromatic heterocycles. The fourth-order valence-electron chi connectivity index (χ4n) is 4.40. The van der Waals surface area contributed by atoms with E-state index in [2.05, 4.69) is 4.98 Å². The first-order valence-corrected chi connectivity index (χ1v) is 11.2. The Balaban J connectivity index is 1.42. The van der Waals surface area contributed by atoms with Crippen molar-refractivity contribution in [1.82, 2.24) is 4.98 Å². The number of hydrogen-bond donors (Lipinski definition) is 1. The number of carbonyl (C=O) groups is 2. The summed E-state index contributed by atoms with van der Waals surface area (Å²) in [6.07, 6.45) is 0.304. The molecule has 1 aliphatic carbocycles. The Morgan fingerprint density at radius 2 is 1.58 bits per heavy atom. The Bertz CT molecular complexity index is 1410. The zero-order valence-electron chi connectivity index (χ0n) is 18.9. The maximum atomic E-state index is 14.4. The first-order valence-electron chi connectivity index (χ1n) is 11.2. The Morgan fingerprint density at radius 3 is 2.17 bits per heavy atom. The van der Waals surface area contributed by atoms with Gasteiger partial charge in [-0.05, 0) is 40.5 Å². The fraction of sp³-hybridized carbons (Fsp3) is 0.107. The number of anilines is 1. The number of carboxylic acid groups (broad SMARTS) is 1. The Hall–Kier alpha value is -4.59. The number of aromatic nitrogens is 1. The van der Waals surface area contributed by atoms with Crippen LogP contribution in [-0.2, 0) is 11.3 Å². The van der Waals surface area contributed by atoms with E-state index in [9.17, 15) is 18.4 Å². The predicted octanol–water partition coefficient (Wildman–Crippen LogP) is 6.01. The van der Waals surface area contributed by atoms with Crippen LogP contribution in [0.1, 0.15) is 33.0 Å². The van der Waals surface area contributed by atoms with Gasteiger partial charge in [-0.15, -0.1) is 0 Å². The Kier molecular flexibility index (Phi) is 6.16. The highest BCUT2D eigenvalue weighted by atomic mass is 19.1. The number of ether oxygens (including phenoxy) is 1. The smallest absolute Gasteiger partial charge is 0.415 e. The van der Waals surface area contributed by atoms with Crippen LogP contribution in [0.25, 0.3) is 11.1 Å². The molecule has 0 fully saturated rings. The van der Waals surface area contributed by atoms with E-state index in [1.54, 1.807) is 0 Å². The molecule has 0 atom stereocenters. The largest absolute Gasteiger partial charge is 0.478 e. The van der Waals surface area contributed by atoms with Gasteiger partial charge in [-0.3, -0.25) is 4.90 Å². The lowest BCUT2D eigenvalue weighted by Crippen LogP contribution is -2.33. The van der Waals surface area contributed by atoms with E-state index in [0.29, 0.717) is 0 Å². The monoisotopic (exact) mass is 486 g/mol. The fourth-order valence-corrected chi connectivity index (χ4v) is 4.40. The molecule has 3 aromatic carbocycles. The molecule has 0 aliphatic heterocycles. The number of hydrogen-bond acceptors (Lipinski definition) is 4. The van der Waals surface area contributed by atoms with Crippen molar-refractivity contribution in [1.29, 1.82) is 0 Å². The Labute approximate surface area is 205 Å². The molecule has 180 valence electrons. The summed E-state index contributed by atoms with van der Waals surface area (Å²) >= 11 is 0. The number of carboxylic acids is 1. The summed E-state index contributed by atoms with van der Waals surface area (Å²) < 4.78 is 33.5. The number of nitrogens with zero attached hydrogens (tertiary/aromatic N) is 2. The predicted molar refractivity (Wildman–Crippen MR) is 129 cm³/mol. The van der Waals surface area contributed by atoms with Gasteiger partial charge in [-0.25, -0.2) is 23.4 Å². The first kappa shape index (κ1) is 23.2. The van der Waals surface area contributed by atoms with Crippen molar-refractivity contribution in [3.05, 3.63) is 119 Å². The SMILES string of the molecule is O=C(O)c1ccc(N(Cc2ccc(F)cc2F)C(=O)OCC2c3ccccc3-c3ccccc32)nc1. The van der Waals surface area contributed by atoms with Crippen molar-refractivity contribution < 1.29 is 28.2 Å². The minimum Gasteiger partial charge on any atom is -0.478 e. The normalized spacial score (nSPS) is 12.1. The molecule has 0 saturated heterocycles. The van der Waals surface area contributed by atoms with Crippen LogP contribution in [0.2, 0.25) is 0 Å². The number of fused-ring (bicyclic) bond motifs is 3. The molecule has 1 N–H and O–H groups in total. The van der Waals surface area contributed by atoms with Crippen molar-refractivity contribution in [3.8, 4) is 11.1 Å². The summed E-state index contributed by atoms with van der Waals surface area (Å²) in [5.41, 5.74) is 4.20. The molecule has 1 aliphatic rings. The van der Waals surface area contributed by atoms with E-state index >= 15 is 0 Å². The molecular weight excluding hydrogens is 466 g/mol. The third kappa shape index (κ3) is 4.40. The van der Waals surface area contributed by atoms with Crippen molar-refractivity contribution in [3.63, 3.8) is 0 Å². The summed E-state index contributed by atoms with van der Waals surface area (Å²) in [5.74, 6) is -2.86. The van der Waals surface area contributed by atoms with E-state index in [1.165, 1.54) is 18.2 Å². The molecule has 0 unspecified atom stereocenters. The van der Waals surface area contributed by atoms with Crippen molar-refractivity contribution >= 4 is 17.9 Å². The minimum absolute atomic E-state index is 0.0302. The van der Waals surface area contributed by atoms with Gasteiger partial charge < -0.3 is 9.84 Å². The van der Waals surface area contributed by atoms with Crippen LogP contribution >= 0.6 is 0 Å². The second-order valence-electron chi connectivity index (χ2n) is 8.34. The highest BCUT2D eigenvalue weighted by molar-refractivity contribution is 5.89. The minimum atomic E-state index is -1.17. The molecule has 6 nitrogen and oxygen atoms in total. The number of aromatic carboxylic acids is 1. The van der Waals surface area contributed by atoms with Gasteiger partial charge in [0.25, 0.3) is 0 Å². The van der Waals surface area contributed by atoms with Crippen LogP contribution in [0, 0.1) is 11.6 Å². The van der Waals surface area contributed by atoms with Crippen LogP contribution < -0.4 is 4.90 Å². The van der Waals surface area contributed by atoms with Gasteiger partial charge in [0.05, 0.1) is 12.1 Å². The number of amides is 1. The van der Waals surface area contributed by atoms with Crippen LogP contribution in [0.3, 0.4) is 0 Å². The van der Waals surface area contributed by atoms with E-state index in [0.717, 1.165) is 45.5 Å². The molecule has 1 heterocycles. The zero-order valence-corrected chi connectivity index (χ0v) is 18.9. The summed E-state index contributed by atoms with van der Waals surface area (Å²) in [4.78, 5) is 29.6. The zero-order chi connectivity index (χ0) is 25.2. The lowest BCUT2D eigenvalue weighted by atomic mass is 9.98. The molecule has 0 bridgehead atoms. The van der Waals surface area contributed by atoms with Gasteiger partial charge >= 0.3 is 12.1 Å². The van der Waals surface area contributed by atoms with E-state index in [1.807, 2.05) is 48.5 Å². The lowest BCUT2D eigenvalue weighted by molar-refractivity contribution is 0.0696. The van der Waals surface area contributed by atoms with Gasteiger partial charge in [0.2, 0.25) is 0 Å². The highest BCUT2D eigenvalue weighted by Gasteiger charge is 2.30. The number of carbonyl (C=O) groups excluding carboxylic acids is 1. The quantitative estimate of drug-likeness (QED) is 0.361. The second-order valence-corrected chi connectivity index (χ2v) is 8.34. The average Bonchev–Trinajstić information content (AvgIpc) is 3.20. The standard InChI is InChI=1S/C28H20F2N2O4/c29-19-11-9-18(25(30)13-19)15-32(26-12-10-17(14-31-26)27(33)34)28(35)36-16-24-22-7-3-1-5-20(22)21-6-2-4-8-23(21)24/h1-14,24H,15-16H2,(H,33,34). The van der Waals surface area contributed by atoms with Crippen LogP contribution in [0.4, 0.5) is 19.4 Å². The highest BCUT2D eigenvalue weighted by Crippen LogP contribution is 2.44. The Morgan fingerprint density at radius 1 is 0.917 bits per heavy atom. The molecular formula is C28H20F2N2O4.